The van der Waals surface area contributed by atoms with E-state index in [1.165, 1.54) is 11.3 Å². The second kappa shape index (κ2) is 7.11. The molecule has 0 saturated carbocycles. The number of sulfone groups is 1. The lowest BCUT2D eigenvalue weighted by Crippen LogP contribution is -2.18. The number of rotatable bonds is 6. The van der Waals surface area contributed by atoms with Crippen LogP contribution >= 0.6 is 27.3 Å². The van der Waals surface area contributed by atoms with Crippen molar-refractivity contribution in [2.24, 2.45) is 0 Å². The van der Waals surface area contributed by atoms with Crippen LogP contribution in [0.2, 0.25) is 0 Å². The van der Waals surface area contributed by atoms with Gasteiger partial charge in [-0.3, -0.25) is 10.1 Å². The topological polar surface area (TPSA) is 80.5 Å². The maximum atomic E-state index is 12.6. The number of hydrogen-bond acceptors (Lipinski definition) is 6. The fourth-order valence-corrected chi connectivity index (χ4v) is 3.98. The molecule has 1 aromatic carbocycles. The van der Waals surface area contributed by atoms with Crippen LogP contribution in [0.1, 0.15) is 5.56 Å². The zero-order valence-corrected chi connectivity index (χ0v) is 15.4. The Morgan fingerprint density at radius 1 is 1.38 bits per heavy atom. The predicted octanol–water partition coefficient (Wildman–Crippen LogP) is 4.05. The summed E-state index contributed by atoms with van der Waals surface area (Å²) in [4.78, 5) is 11.2. The molecule has 0 amide bonds. The Morgan fingerprint density at radius 3 is 2.54 bits per heavy atom. The van der Waals surface area contributed by atoms with Crippen LogP contribution in [-0.4, -0.2) is 26.1 Å². The lowest BCUT2D eigenvalue weighted by atomic mass is 10.2. The number of nitro groups is 1. The SMILES string of the molecule is CN(Cc1csc(Br)c1)c1ccc(S(=O)(=O)C(F)F)cc1[N+](=O)[O-]. The van der Waals surface area contributed by atoms with Gasteiger partial charge in [-0.05, 0) is 45.1 Å². The number of halogens is 3. The molecule has 1 heterocycles. The number of benzene rings is 1. The average Bonchev–Trinajstić information content (AvgIpc) is 2.91. The summed E-state index contributed by atoms with van der Waals surface area (Å²) in [5, 5.41) is 13.1. The first-order valence-electron chi connectivity index (χ1n) is 6.37. The highest BCUT2D eigenvalue weighted by Gasteiger charge is 2.30. The van der Waals surface area contributed by atoms with Crippen LogP contribution in [0, 0.1) is 10.1 Å². The predicted molar refractivity (Wildman–Crippen MR) is 90.4 cm³/mol. The minimum absolute atomic E-state index is 0.135. The minimum atomic E-state index is -4.89. The minimum Gasteiger partial charge on any atom is -0.365 e. The van der Waals surface area contributed by atoms with Crippen LogP contribution < -0.4 is 4.90 Å². The first-order chi connectivity index (χ1) is 11.1. The van der Waals surface area contributed by atoms with Crippen molar-refractivity contribution in [1.82, 2.24) is 0 Å². The van der Waals surface area contributed by atoms with Crippen LogP contribution in [0.3, 0.4) is 0 Å². The van der Waals surface area contributed by atoms with Crippen LogP contribution in [-0.2, 0) is 16.4 Å². The molecule has 0 fully saturated rings. The van der Waals surface area contributed by atoms with Gasteiger partial charge in [0.2, 0.25) is 9.84 Å². The Kier molecular flexibility index (Phi) is 5.56. The Bertz CT molecular complexity index is 871. The van der Waals surface area contributed by atoms with Gasteiger partial charge in [0.25, 0.3) is 5.69 Å². The van der Waals surface area contributed by atoms with E-state index >= 15 is 0 Å². The number of hydrogen-bond donors (Lipinski definition) is 0. The molecular weight excluding hydrogens is 430 g/mol. The molecule has 0 bridgehead atoms. The Morgan fingerprint density at radius 2 is 2.04 bits per heavy atom. The molecular formula is C13H11BrF2N2O4S2. The summed E-state index contributed by atoms with van der Waals surface area (Å²) in [7, 11) is -3.30. The fourth-order valence-electron chi connectivity index (χ4n) is 2.04. The van der Waals surface area contributed by atoms with Crippen LogP contribution in [0.25, 0.3) is 0 Å². The zero-order valence-electron chi connectivity index (χ0n) is 12.1. The molecule has 0 aliphatic rings. The molecule has 6 nitrogen and oxygen atoms in total. The molecule has 0 N–H and O–H groups in total. The Hall–Kier alpha value is -1.59. The maximum Gasteiger partial charge on any atom is 0.341 e. The van der Waals surface area contributed by atoms with E-state index in [9.17, 15) is 27.3 Å². The molecule has 130 valence electrons. The highest BCUT2D eigenvalue weighted by atomic mass is 79.9. The second-order valence-corrected chi connectivity index (χ2v) is 9.04. The van der Waals surface area contributed by atoms with Gasteiger partial charge in [0.15, 0.2) is 0 Å². The van der Waals surface area contributed by atoms with Crippen LogP contribution in [0.5, 0.6) is 0 Å². The largest absolute Gasteiger partial charge is 0.365 e. The van der Waals surface area contributed by atoms with E-state index in [1.54, 1.807) is 11.9 Å². The van der Waals surface area contributed by atoms with Gasteiger partial charge in [0, 0.05) is 19.7 Å². The number of anilines is 1. The lowest BCUT2D eigenvalue weighted by molar-refractivity contribution is -0.384. The van der Waals surface area contributed by atoms with Crippen molar-refractivity contribution in [3.05, 3.63) is 49.1 Å². The van der Waals surface area contributed by atoms with Gasteiger partial charge >= 0.3 is 5.76 Å². The smallest absolute Gasteiger partial charge is 0.341 e. The van der Waals surface area contributed by atoms with E-state index in [-0.39, 0.29) is 5.69 Å². The summed E-state index contributed by atoms with van der Waals surface area (Å²) in [5.74, 6) is -3.64. The van der Waals surface area contributed by atoms with E-state index in [0.717, 1.165) is 21.5 Å². The molecule has 11 heteroatoms. The summed E-state index contributed by atoms with van der Waals surface area (Å²) in [5.41, 5.74) is 0.483. The van der Waals surface area contributed by atoms with Crippen molar-refractivity contribution in [3.63, 3.8) is 0 Å². The Balaban J connectivity index is 2.41. The van der Waals surface area contributed by atoms with Crippen molar-refractivity contribution in [2.45, 2.75) is 17.2 Å². The summed E-state index contributed by atoms with van der Waals surface area (Å²) in [6.07, 6.45) is 0. The highest BCUT2D eigenvalue weighted by Crippen LogP contribution is 2.33. The van der Waals surface area contributed by atoms with Crippen molar-refractivity contribution < 1.29 is 22.1 Å². The monoisotopic (exact) mass is 440 g/mol. The van der Waals surface area contributed by atoms with E-state index < -0.39 is 31.1 Å². The van der Waals surface area contributed by atoms with Crippen molar-refractivity contribution in [3.8, 4) is 0 Å². The third-order valence-electron chi connectivity index (χ3n) is 3.16. The number of alkyl halides is 2. The molecule has 24 heavy (non-hydrogen) atoms. The van der Waals surface area contributed by atoms with Crippen molar-refractivity contribution in [1.29, 1.82) is 0 Å². The Labute approximate surface area is 148 Å². The fraction of sp³-hybridized carbons (Fsp3) is 0.231. The average molecular weight is 441 g/mol. The van der Waals surface area contributed by atoms with Crippen LogP contribution in [0.15, 0.2) is 38.3 Å². The molecule has 0 spiro atoms. The van der Waals surface area contributed by atoms with E-state index in [4.69, 9.17) is 0 Å². The van der Waals surface area contributed by atoms with Gasteiger partial charge < -0.3 is 4.90 Å². The zero-order chi connectivity index (χ0) is 18.1. The standard InChI is InChI=1S/C13H11BrF2N2O4S2/c1-17(6-8-4-12(14)23-7-8)10-3-2-9(5-11(10)18(19)20)24(21,22)13(15)16/h2-5,7,13H,6H2,1H3. The van der Waals surface area contributed by atoms with Gasteiger partial charge in [0.1, 0.15) is 5.69 Å². The third-order valence-corrected chi connectivity index (χ3v) is 6.09. The summed E-state index contributed by atoms with van der Waals surface area (Å²) < 4.78 is 49.1. The first-order valence-corrected chi connectivity index (χ1v) is 9.59. The second-order valence-electron chi connectivity index (χ2n) is 4.83. The van der Waals surface area contributed by atoms with Gasteiger partial charge in [-0.15, -0.1) is 11.3 Å². The van der Waals surface area contributed by atoms with Crippen LogP contribution in [0.4, 0.5) is 20.2 Å². The maximum absolute atomic E-state index is 12.6. The van der Waals surface area contributed by atoms with Gasteiger partial charge in [-0.2, -0.15) is 8.78 Å². The molecule has 0 aliphatic heterocycles. The molecule has 0 radical (unpaired) electrons. The van der Waals surface area contributed by atoms with E-state index in [1.807, 2.05) is 11.4 Å². The third kappa shape index (κ3) is 3.90. The first kappa shape index (κ1) is 18.7. The molecule has 2 rings (SSSR count). The molecule has 0 saturated heterocycles. The molecule has 1 aromatic heterocycles. The van der Waals surface area contributed by atoms with Crippen molar-refractivity contribution in [2.75, 3.05) is 11.9 Å². The van der Waals surface area contributed by atoms with Gasteiger partial charge in [-0.25, -0.2) is 8.42 Å². The number of nitro benzene ring substituents is 1. The molecule has 0 atom stereocenters. The summed E-state index contributed by atoms with van der Waals surface area (Å²) in [6, 6.07) is 4.62. The van der Waals surface area contributed by atoms with E-state index in [0.29, 0.717) is 12.6 Å². The highest BCUT2D eigenvalue weighted by molar-refractivity contribution is 9.11. The van der Waals surface area contributed by atoms with Gasteiger partial charge in [0.05, 0.1) is 13.6 Å². The summed E-state index contributed by atoms with van der Waals surface area (Å²) in [6.45, 7) is 0.337. The molecule has 0 unspecified atom stereocenters. The summed E-state index contributed by atoms with van der Waals surface area (Å²) >= 11 is 4.77. The number of nitrogens with zero attached hydrogens (tertiary/aromatic N) is 2. The van der Waals surface area contributed by atoms with Gasteiger partial charge in [-0.1, -0.05) is 0 Å². The normalized spacial score (nSPS) is 11.7. The quantitative estimate of drug-likeness (QED) is 0.499. The lowest BCUT2D eigenvalue weighted by Gasteiger charge is -2.19. The van der Waals surface area contributed by atoms with E-state index in [2.05, 4.69) is 15.9 Å². The molecule has 0 aliphatic carbocycles. The molecule has 2 aromatic rings. The van der Waals surface area contributed by atoms with Crippen molar-refractivity contribution >= 4 is 48.5 Å². The number of thiophene rings is 1.